The molecule has 0 bridgehead atoms. The number of nitrogens with zero attached hydrogens (tertiary/aromatic N) is 6. The summed E-state index contributed by atoms with van der Waals surface area (Å²) in [5.74, 6) is -1.99. The molecule has 2 aliphatic rings. The van der Waals surface area contributed by atoms with Gasteiger partial charge in [-0.15, -0.1) is 0 Å². The molecule has 0 radical (unpaired) electrons. The lowest BCUT2D eigenvalue weighted by Crippen LogP contribution is -2.49. The minimum atomic E-state index is -4.79. The van der Waals surface area contributed by atoms with Crippen LogP contribution in [0.2, 0.25) is 5.02 Å². The molecule has 3 N–H and O–H groups in total. The van der Waals surface area contributed by atoms with Crippen molar-refractivity contribution in [1.29, 1.82) is 5.41 Å². The largest absolute Gasteiger partial charge is 0.447 e. The molecule has 2 aromatic carbocycles. The molecule has 0 unspecified atom stereocenters. The standard InChI is InChI=1S/C33H30ClF8N9O3/c1-30(2,39)15-32(20-6-3-17(4-7-20)19-12-45-49(13-19)26(35)36)25(52)50(28(43)47-32)23(14-54-29(53)48-31(9-10-31)33(40,41)42)18-5-8-22(34)21(11-18)24-44-16-46-51(24)27(37)38/h3-8,11-13,16,23,26-27H,9-10,14-15H2,1-2H3,(H2,43,47)(H,48,53)/t23-,32-/m1/s1. The molecule has 2 aromatic heterocycles. The van der Waals surface area contributed by atoms with Crippen LogP contribution in [0, 0.1) is 5.41 Å². The van der Waals surface area contributed by atoms with Crippen molar-refractivity contribution in [2.24, 2.45) is 0 Å². The third kappa shape index (κ3) is 7.30. The van der Waals surface area contributed by atoms with Gasteiger partial charge >= 0.3 is 25.4 Å². The van der Waals surface area contributed by atoms with Gasteiger partial charge in [-0.1, -0.05) is 41.9 Å². The van der Waals surface area contributed by atoms with Crippen molar-refractivity contribution in [3.05, 3.63) is 77.3 Å². The highest BCUT2D eigenvalue weighted by Crippen LogP contribution is 2.49. The quantitative estimate of drug-likeness (QED) is 0.126. The van der Waals surface area contributed by atoms with E-state index in [1.807, 2.05) is 5.32 Å². The fourth-order valence-corrected chi connectivity index (χ4v) is 6.53. The number of carbonyl (C=O) groups is 2. The van der Waals surface area contributed by atoms with Gasteiger partial charge in [0.05, 0.1) is 17.3 Å². The number of alkyl carbamates (subject to hydrolysis) is 1. The molecule has 12 nitrogen and oxygen atoms in total. The number of carbonyl (C=O) groups excluding carboxylic acids is 2. The topological polar surface area (TPSA) is 143 Å². The van der Waals surface area contributed by atoms with Crippen molar-refractivity contribution >= 4 is 29.6 Å². The Balaban J connectivity index is 1.40. The van der Waals surface area contributed by atoms with Crippen LogP contribution in [0.15, 0.2) is 61.2 Å². The number of amides is 2. The first-order valence-corrected chi connectivity index (χ1v) is 16.4. The molecular weight excluding hydrogens is 758 g/mol. The van der Waals surface area contributed by atoms with Gasteiger partial charge < -0.3 is 15.4 Å². The Morgan fingerprint density at radius 2 is 1.72 bits per heavy atom. The number of benzene rings is 2. The van der Waals surface area contributed by atoms with Crippen molar-refractivity contribution < 1.29 is 49.4 Å². The molecule has 1 saturated carbocycles. The lowest BCUT2D eigenvalue weighted by Gasteiger charge is -2.33. The predicted octanol–water partition coefficient (Wildman–Crippen LogP) is 7.51. The molecule has 2 amide bonds. The van der Waals surface area contributed by atoms with Crippen LogP contribution in [-0.2, 0) is 15.1 Å². The highest BCUT2D eigenvalue weighted by atomic mass is 35.5. The number of alkyl halides is 8. The zero-order valence-corrected chi connectivity index (χ0v) is 28.9. The van der Waals surface area contributed by atoms with Crippen LogP contribution in [-0.4, -0.2) is 71.4 Å². The maximum Gasteiger partial charge on any atom is 0.411 e. The van der Waals surface area contributed by atoms with Gasteiger partial charge in [-0.3, -0.25) is 15.1 Å². The molecule has 54 heavy (non-hydrogen) atoms. The molecular formula is C33H30ClF8N9O3. The Morgan fingerprint density at radius 1 is 1.04 bits per heavy atom. The van der Waals surface area contributed by atoms with Gasteiger partial charge in [-0.25, -0.2) is 18.9 Å². The number of nitrogens with one attached hydrogen (secondary N) is 3. The van der Waals surface area contributed by atoms with Crippen molar-refractivity contribution in [2.75, 3.05) is 6.61 Å². The van der Waals surface area contributed by atoms with E-state index in [0.29, 0.717) is 15.8 Å². The summed E-state index contributed by atoms with van der Waals surface area (Å²) in [4.78, 5) is 32.1. The fourth-order valence-electron chi connectivity index (χ4n) is 6.33. The number of hydrogen-bond donors (Lipinski definition) is 3. The minimum Gasteiger partial charge on any atom is -0.447 e. The number of halogens is 9. The van der Waals surface area contributed by atoms with Crippen LogP contribution in [0.1, 0.15) is 63.4 Å². The minimum absolute atomic E-state index is 0.00423. The van der Waals surface area contributed by atoms with E-state index in [-0.39, 0.29) is 26.4 Å². The Labute approximate surface area is 305 Å². The molecule has 21 heteroatoms. The zero-order chi connectivity index (χ0) is 39.4. The molecule has 6 rings (SSSR count). The lowest BCUT2D eigenvalue weighted by molar-refractivity contribution is -0.164. The summed E-state index contributed by atoms with van der Waals surface area (Å²) in [6.45, 7) is -4.55. The number of guanidine groups is 1. The second kappa shape index (κ2) is 13.9. The van der Waals surface area contributed by atoms with Gasteiger partial charge in [0.15, 0.2) is 11.8 Å². The molecule has 4 aromatic rings. The predicted molar refractivity (Wildman–Crippen MR) is 175 cm³/mol. The number of aromatic nitrogens is 5. The van der Waals surface area contributed by atoms with Crippen LogP contribution < -0.4 is 10.6 Å². The van der Waals surface area contributed by atoms with Gasteiger partial charge in [-0.05, 0) is 55.5 Å². The Kier molecular flexibility index (Phi) is 9.87. The van der Waals surface area contributed by atoms with Crippen LogP contribution >= 0.6 is 11.6 Å². The average molecular weight is 788 g/mol. The van der Waals surface area contributed by atoms with E-state index in [2.05, 4.69) is 20.5 Å². The van der Waals surface area contributed by atoms with Crippen molar-refractivity contribution in [3.63, 3.8) is 0 Å². The van der Waals surface area contributed by atoms with Gasteiger partial charge in [-0.2, -0.15) is 45.6 Å². The van der Waals surface area contributed by atoms with E-state index in [1.165, 1.54) is 62.5 Å². The Bertz CT molecular complexity index is 2060. The fraction of sp³-hybridized carbons (Fsp3) is 0.394. The number of ether oxygens (including phenoxy) is 1. The van der Waals surface area contributed by atoms with E-state index < -0.39 is 91.7 Å². The molecule has 3 heterocycles. The smallest absolute Gasteiger partial charge is 0.411 e. The Hall–Kier alpha value is -5.27. The third-order valence-corrected chi connectivity index (χ3v) is 9.38. The van der Waals surface area contributed by atoms with Crippen LogP contribution in [0.4, 0.5) is 39.9 Å². The molecule has 288 valence electrons. The molecule has 1 aliphatic heterocycles. The van der Waals surface area contributed by atoms with E-state index in [4.69, 9.17) is 21.7 Å². The van der Waals surface area contributed by atoms with Crippen LogP contribution in [0.25, 0.3) is 22.5 Å². The summed E-state index contributed by atoms with van der Waals surface area (Å²) in [5, 5.41) is 20.5. The maximum absolute atomic E-state index is 15.6. The number of rotatable bonds is 12. The average Bonchev–Trinajstić information content (AvgIpc) is 3.40. The van der Waals surface area contributed by atoms with E-state index in [1.54, 1.807) is 0 Å². The normalized spacial score (nSPS) is 19.0. The van der Waals surface area contributed by atoms with Crippen LogP contribution in [0.3, 0.4) is 0 Å². The van der Waals surface area contributed by atoms with Gasteiger partial charge in [0.1, 0.15) is 29.7 Å². The van der Waals surface area contributed by atoms with E-state index in [9.17, 15) is 40.3 Å². The van der Waals surface area contributed by atoms with Gasteiger partial charge in [0, 0.05) is 23.7 Å². The molecule has 0 spiro atoms. The summed E-state index contributed by atoms with van der Waals surface area (Å²) in [6.07, 6.45) is -4.50. The second-order valence-corrected chi connectivity index (χ2v) is 13.8. The first kappa shape index (κ1) is 38.5. The summed E-state index contributed by atoms with van der Waals surface area (Å²) in [6, 6.07) is 8.02. The Morgan fingerprint density at radius 3 is 2.30 bits per heavy atom. The van der Waals surface area contributed by atoms with Crippen molar-refractivity contribution in [1.82, 2.24) is 40.1 Å². The van der Waals surface area contributed by atoms with E-state index >= 15 is 4.39 Å². The first-order chi connectivity index (χ1) is 25.2. The van der Waals surface area contributed by atoms with Gasteiger partial charge in [0.25, 0.3) is 5.91 Å². The highest BCUT2D eigenvalue weighted by Gasteiger charge is 2.65. The molecule has 2 atom stereocenters. The van der Waals surface area contributed by atoms with Crippen LogP contribution in [0.5, 0.6) is 0 Å². The maximum atomic E-state index is 15.6. The second-order valence-electron chi connectivity index (χ2n) is 13.4. The third-order valence-electron chi connectivity index (χ3n) is 9.05. The molecule has 1 aliphatic carbocycles. The molecule has 2 fully saturated rings. The summed E-state index contributed by atoms with van der Waals surface area (Å²) in [7, 11) is 0. The summed E-state index contributed by atoms with van der Waals surface area (Å²) < 4.78 is 116. The SMILES string of the molecule is CC(C)(F)C[C@]1(c2ccc(-c3cnn(C(F)F)c3)cc2)NC(=N)N([C@H](COC(=O)NC2(C(F)(F)F)CC2)c2ccc(Cl)c(-c3ncnn3C(F)F)c2)C1=O. The monoisotopic (exact) mass is 787 g/mol. The van der Waals surface area contributed by atoms with Crippen molar-refractivity contribution in [3.8, 4) is 22.5 Å². The van der Waals surface area contributed by atoms with E-state index in [0.717, 1.165) is 17.4 Å². The van der Waals surface area contributed by atoms with Crippen molar-refractivity contribution in [2.45, 2.75) is 75.2 Å². The summed E-state index contributed by atoms with van der Waals surface area (Å²) >= 11 is 6.36. The van der Waals surface area contributed by atoms with Gasteiger partial charge in [0.2, 0.25) is 0 Å². The number of hydrogen-bond acceptors (Lipinski definition) is 7. The highest BCUT2D eigenvalue weighted by molar-refractivity contribution is 6.33. The first-order valence-electron chi connectivity index (χ1n) is 16.1. The zero-order valence-electron chi connectivity index (χ0n) is 28.1. The lowest BCUT2D eigenvalue weighted by atomic mass is 9.80. The summed E-state index contributed by atoms with van der Waals surface area (Å²) in [5.41, 5.74) is -5.87. The molecule has 1 saturated heterocycles.